The Morgan fingerprint density at radius 3 is 2.70 bits per heavy atom. The molecule has 2 unspecified atom stereocenters. The minimum Gasteiger partial charge on any atom is -0.480 e. The highest BCUT2D eigenvalue weighted by Gasteiger charge is 2.31. The van der Waals surface area contributed by atoms with Crippen LogP contribution in [-0.4, -0.2) is 50.9 Å². The van der Waals surface area contributed by atoms with Crippen molar-refractivity contribution in [3.8, 4) is 5.69 Å². The van der Waals surface area contributed by atoms with Crippen LogP contribution in [0.25, 0.3) is 5.69 Å². The molecule has 1 aromatic heterocycles. The van der Waals surface area contributed by atoms with Crippen LogP contribution < -0.4 is 5.32 Å². The molecule has 1 aliphatic rings. The first-order valence-corrected chi connectivity index (χ1v) is 8.36. The van der Waals surface area contributed by atoms with Crippen LogP contribution in [0.5, 0.6) is 0 Å². The van der Waals surface area contributed by atoms with Gasteiger partial charge in [0, 0.05) is 30.9 Å². The van der Waals surface area contributed by atoms with E-state index >= 15 is 0 Å². The topological polar surface area (TPSA) is 137 Å². The van der Waals surface area contributed by atoms with Crippen LogP contribution in [0, 0.1) is 16.0 Å². The predicted octanol–water partition coefficient (Wildman–Crippen LogP) is 1.39. The highest BCUT2D eigenvalue weighted by Crippen LogP contribution is 2.19. The lowest BCUT2D eigenvalue weighted by Gasteiger charge is -2.27. The number of nitro groups is 1. The summed E-state index contributed by atoms with van der Waals surface area (Å²) in [5.41, 5.74) is 0.675. The van der Waals surface area contributed by atoms with E-state index in [-0.39, 0.29) is 17.2 Å². The maximum Gasteiger partial charge on any atom is 0.326 e. The van der Waals surface area contributed by atoms with Crippen LogP contribution in [0.2, 0.25) is 0 Å². The number of non-ortho nitro benzene ring substituents is 1. The van der Waals surface area contributed by atoms with Crippen molar-refractivity contribution in [1.29, 1.82) is 0 Å². The second-order valence-electron chi connectivity index (χ2n) is 6.21. The van der Waals surface area contributed by atoms with Crippen LogP contribution in [-0.2, 0) is 9.53 Å². The minimum atomic E-state index is -1.11. The minimum absolute atomic E-state index is 0.0529. The number of nitrogens with one attached hydrogen (secondary N) is 1. The number of nitro benzene ring substituents is 1. The van der Waals surface area contributed by atoms with E-state index in [1.807, 2.05) is 0 Å². The fourth-order valence-corrected chi connectivity index (χ4v) is 2.94. The molecule has 10 nitrogen and oxygen atoms in total. The summed E-state index contributed by atoms with van der Waals surface area (Å²) in [5.74, 6) is -1.95. The van der Waals surface area contributed by atoms with Gasteiger partial charge in [0.2, 0.25) is 0 Å². The van der Waals surface area contributed by atoms with Crippen molar-refractivity contribution < 1.29 is 24.4 Å². The number of hydrogen-bond acceptors (Lipinski definition) is 6. The molecule has 10 heteroatoms. The fraction of sp³-hybridized carbons (Fsp3) is 0.353. The molecule has 2 aromatic rings. The van der Waals surface area contributed by atoms with Gasteiger partial charge in [0.15, 0.2) is 0 Å². The summed E-state index contributed by atoms with van der Waals surface area (Å²) in [7, 11) is 0. The highest BCUT2D eigenvalue weighted by atomic mass is 16.6. The predicted molar refractivity (Wildman–Crippen MR) is 92.7 cm³/mol. The Labute approximate surface area is 153 Å². The number of amides is 1. The average molecular weight is 374 g/mol. The molecule has 0 bridgehead atoms. The molecule has 1 aliphatic heterocycles. The van der Waals surface area contributed by atoms with Gasteiger partial charge < -0.3 is 15.2 Å². The zero-order valence-corrected chi connectivity index (χ0v) is 14.3. The lowest BCUT2D eigenvalue weighted by molar-refractivity contribution is -0.384. The van der Waals surface area contributed by atoms with Gasteiger partial charge >= 0.3 is 5.97 Å². The summed E-state index contributed by atoms with van der Waals surface area (Å²) in [5, 5.41) is 26.7. The number of rotatable bonds is 6. The molecule has 1 fully saturated rings. The first-order valence-electron chi connectivity index (χ1n) is 8.36. The van der Waals surface area contributed by atoms with Crippen molar-refractivity contribution in [2.75, 3.05) is 13.2 Å². The fourth-order valence-electron chi connectivity index (χ4n) is 2.94. The van der Waals surface area contributed by atoms with E-state index in [4.69, 9.17) is 4.74 Å². The Morgan fingerprint density at radius 1 is 1.37 bits per heavy atom. The maximum atomic E-state index is 12.4. The van der Waals surface area contributed by atoms with Crippen LogP contribution >= 0.6 is 0 Å². The number of nitrogens with zero attached hydrogens (tertiary/aromatic N) is 3. The number of carboxylic acids is 1. The molecule has 0 saturated carbocycles. The molecule has 142 valence electrons. The van der Waals surface area contributed by atoms with Crippen LogP contribution in [0.1, 0.15) is 23.2 Å². The van der Waals surface area contributed by atoms with E-state index in [1.54, 1.807) is 0 Å². The highest BCUT2D eigenvalue weighted by molar-refractivity contribution is 5.96. The normalized spacial score (nSPS) is 17.9. The lowest BCUT2D eigenvalue weighted by atomic mass is 9.93. The first-order chi connectivity index (χ1) is 13.0. The van der Waals surface area contributed by atoms with Crippen molar-refractivity contribution in [2.45, 2.75) is 18.9 Å². The van der Waals surface area contributed by atoms with E-state index in [2.05, 4.69) is 10.4 Å². The van der Waals surface area contributed by atoms with Crippen LogP contribution in [0.4, 0.5) is 5.69 Å². The van der Waals surface area contributed by atoms with Crippen molar-refractivity contribution in [1.82, 2.24) is 15.1 Å². The van der Waals surface area contributed by atoms with E-state index in [1.165, 1.54) is 41.3 Å². The molecular weight excluding hydrogens is 356 g/mol. The number of hydrogen-bond donors (Lipinski definition) is 2. The van der Waals surface area contributed by atoms with Crippen molar-refractivity contribution >= 4 is 17.6 Å². The second kappa shape index (κ2) is 7.96. The summed E-state index contributed by atoms with van der Waals surface area (Å²) in [6, 6.07) is 4.64. The van der Waals surface area contributed by atoms with E-state index in [9.17, 15) is 24.8 Å². The third-order valence-electron chi connectivity index (χ3n) is 4.39. The summed E-state index contributed by atoms with van der Waals surface area (Å²) in [6.45, 7) is 0.887. The number of aromatic nitrogens is 2. The van der Waals surface area contributed by atoms with Gasteiger partial charge in [0.1, 0.15) is 6.04 Å². The zero-order valence-electron chi connectivity index (χ0n) is 14.3. The SMILES string of the molecule is O=C(NC(C(=O)O)C1CCCOC1)c1cnn(-c2ccc([N+](=O)[O-])cc2)c1. The van der Waals surface area contributed by atoms with E-state index in [0.29, 0.717) is 25.3 Å². The number of benzene rings is 1. The van der Waals surface area contributed by atoms with Gasteiger partial charge in [-0.2, -0.15) is 5.10 Å². The summed E-state index contributed by atoms with van der Waals surface area (Å²) in [6.07, 6.45) is 4.17. The Hall–Kier alpha value is -3.27. The molecule has 27 heavy (non-hydrogen) atoms. The summed E-state index contributed by atoms with van der Waals surface area (Å²) in [4.78, 5) is 34.2. The lowest BCUT2D eigenvalue weighted by Crippen LogP contribution is -2.48. The van der Waals surface area contributed by atoms with Gasteiger partial charge in [0.05, 0.1) is 29.0 Å². The van der Waals surface area contributed by atoms with E-state index < -0.39 is 22.8 Å². The molecule has 0 radical (unpaired) electrons. The molecule has 3 rings (SSSR count). The number of carboxylic acid groups (broad SMARTS) is 1. The standard InChI is InChI=1S/C17H18N4O6/c22-16(19-15(17(23)24)11-2-1-7-27-10-11)12-8-18-20(9-12)13-3-5-14(6-4-13)21(25)26/h3-6,8-9,11,15H,1-2,7,10H2,(H,19,22)(H,23,24). The number of ether oxygens (including phenoxy) is 1. The van der Waals surface area contributed by atoms with Gasteiger partial charge in [-0.3, -0.25) is 14.9 Å². The molecular formula is C17H18N4O6. The third kappa shape index (κ3) is 4.29. The molecule has 1 amide bonds. The second-order valence-corrected chi connectivity index (χ2v) is 6.21. The van der Waals surface area contributed by atoms with Crippen molar-refractivity contribution in [3.05, 3.63) is 52.3 Å². The molecule has 1 aromatic carbocycles. The van der Waals surface area contributed by atoms with Crippen LogP contribution in [0.3, 0.4) is 0 Å². The van der Waals surface area contributed by atoms with Gasteiger partial charge in [-0.15, -0.1) is 0 Å². The molecule has 2 N–H and O–H groups in total. The van der Waals surface area contributed by atoms with Crippen molar-refractivity contribution in [2.24, 2.45) is 5.92 Å². The Balaban J connectivity index is 1.71. The third-order valence-corrected chi connectivity index (χ3v) is 4.39. The van der Waals surface area contributed by atoms with E-state index in [0.717, 1.165) is 6.42 Å². The Kier molecular flexibility index (Phi) is 5.46. The summed E-state index contributed by atoms with van der Waals surface area (Å²) >= 11 is 0. The summed E-state index contributed by atoms with van der Waals surface area (Å²) < 4.78 is 6.70. The molecule has 0 aliphatic carbocycles. The first kappa shape index (κ1) is 18.5. The Morgan fingerprint density at radius 2 is 2.11 bits per heavy atom. The largest absolute Gasteiger partial charge is 0.480 e. The molecule has 2 heterocycles. The maximum absolute atomic E-state index is 12.4. The van der Waals surface area contributed by atoms with Gasteiger partial charge in [-0.05, 0) is 25.0 Å². The van der Waals surface area contributed by atoms with Crippen LogP contribution in [0.15, 0.2) is 36.7 Å². The van der Waals surface area contributed by atoms with Gasteiger partial charge in [0.25, 0.3) is 11.6 Å². The van der Waals surface area contributed by atoms with Crippen molar-refractivity contribution in [3.63, 3.8) is 0 Å². The smallest absolute Gasteiger partial charge is 0.326 e. The quantitative estimate of drug-likeness (QED) is 0.576. The molecule has 1 saturated heterocycles. The number of carbonyl (C=O) groups excluding carboxylic acids is 1. The number of carbonyl (C=O) groups is 2. The Bertz CT molecular complexity index is 841. The van der Waals surface area contributed by atoms with Gasteiger partial charge in [-0.1, -0.05) is 0 Å². The molecule has 2 atom stereocenters. The number of aliphatic carboxylic acids is 1. The zero-order chi connectivity index (χ0) is 19.4. The average Bonchev–Trinajstić information content (AvgIpc) is 3.17. The molecule has 0 spiro atoms. The van der Waals surface area contributed by atoms with Gasteiger partial charge in [-0.25, -0.2) is 9.48 Å². The monoisotopic (exact) mass is 374 g/mol.